The lowest BCUT2D eigenvalue weighted by atomic mass is 9.42. The molecule has 4 rings (SSSR count). The Balaban J connectivity index is 0.000000914. The van der Waals surface area contributed by atoms with Crippen molar-refractivity contribution in [2.75, 3.05) is 7.11 Å². The summed E-state index contributed by atoms with van der Waals surface area (Å²) in [6.07, 6.45) is 13.9. The molecule has 4 aliphatic rings. The van der Waals surface area contributed by atoms with Crippen molar-refractivity contribution in [3.05, 3.63) is 0 Å². The summed E-state index contributed by atoms with van der Waals surface area (Å²) in [6, 6.07) is 0. The molecule has 0 aromatic heterocycles. The minimum Gasteiger partial charge on any atom is -0.469 e. The van der Waals surface area contributed by atoms with Crippen LogP contribution < -0.4 is 0 Å². The molecule has 0 aromatic carbocycles. The van der Waals surface area contributed by atoms with Gasteiger partial charge >= 0.3 is 5.97 Å². The minimum atomic E-state index is -0.0853. The predicted octanol–water partition coefficient (Wildman–Crippen LogP) is 8.25. The molecule has 4 saturated carbocycles. The summed E-state index contributed by atoms with van der Waals surface area (Å²) >= 11 is 0. The fourth-order valence-electron chi connectivity index (χ4n) is 8.89. The van der Waals surface area contributed by atoms with Crippen LogP contribution in [0, 0.1) is 46.3 Å². The Labute approximate surface area is 205 Å². The van der Waals surface area contributed by atoms with Gasteiger partial charge in [0.1, 0.15) is 5.78 Å². The van der Waals surface area contributed by atoms with Gasteiger partial charge < -0.3 is 4.74 Å². The van der Waals surface area contributed by atoms with E-state index < -0.39 is 0 Å². The Morgan fingerprint density at radius 1 is 0.909 bits per heavy atom. The van der Waals surface area contributed by atoms with E-state index in [-0.39, 0.29) is 5.97 Å². The number of hydrogen-bond acceptors (Lipinski definition) is 3. The summed E-state index contributed by atoms with van der Waals surface area (Å²) in [6.45, 7) is 15.3. The number of carbonyl (C=O) groups excluding carboxylic acids is 2. The van der Waals surface area contributed by atoms with Crippen molar-refractivity contribution in [2.45, 2.75) is 126 Å². The first-order chi connectivity index (χ1) is 15.9. The van der Waals surface area contributed by atoms with Gasteiger partial charge in [-0.3, -0.25) is 9.59 Å². The van der Waals surface area contributed by atoms with Crippen molar-refractivity contribution in [3.8, 4) is 0 Å². The summed E-state index contributed by atoms with van der Waals surface area (Å²) in [5.74, 6) is 3.68. The number of Topliss-reactive ketones (excluding diaryl/α,β-unsaturated/α-hetero) is 1. The van der Waals surface area contributed by atoms with Crippen LogP contribution in [0.1, 0.15) is 126 Å². The van der Waals surface area contributed by atoms with Gasteiger partial charge in [0.25, 0.3) is 0 Å². The second-order valence-electron chi connectivity index (χ2n) is 11.3. The fourth-order valence-corrected chi connectivity index (χ4v) is 8.89. The molecule has 0 aliphatic heterocycles. The lowest BCUT2D eigenvalue weighted by Gasteiger charge is -2.61. The van der Waals surface area contributed by atoms with Crippen LogP contribution in [0.3, 0.4) is 0 Å². The standard InChI is InChI=1S/C26H42O3.2C2H6/c1-5-18-19-10-6-7-15-26(19,3)21-14-16-25(2)17(9-8-11-22(27)29-4)12-13-20(25)23(21)24(18)28;2*1-2/h17-21,23H,5-16H2,1-4H3;2*1-2H3. The fraction of sp³-hybridized carbons (Fsp3) is 0.933. The summed E-state index contributed by atoms with van der Waals surface area (Å²) < 4.78 is 4.83. The summed E-state index contributed by atoms with van der Waals surface area (Å²) in [7, 11) is 1.48. The molecule has 4 aliphatic carbocycles. The van der Waals surface area contributed by atoms with Crippen LogP contribution in [-0.2, 0) is 14.3 Å². The van der Waals surface area contributed by atoms with Gasteiger partial charge in [-0.05, 0) is 92.3 Å². The third-order valence-corrected chi connectivity index (χ3v) is 10.4. The SMILES string of the molecule is CC.CC.CCC1C(=O)C2C3CCC(CCCC(=O)OC)C3(C)CCC2C2(C)CCCCC12. The number of methoxy groups -OCH3 is 1. The largest absolute Gasteiger partial charge is 0.469 e. The van der Waals surface area contributed by atoms with Crippen LogP contribution in [0.15, 0.2) is 0 Å². The van der Waals surface area contributed by atoms with Gasteiger partial charge in [-0.2, -0.15) is 0 Å². The summed E-state index contributed by atoms with van der Waals surface area (Å²) in [4.78, 5) is 25.4. The number of hydrogen-bond donors (Lipinski definition) is 0. The van der Waals surface area contributed by atoms with Crippen LogP contribution in [0.2, 0.25) is 0 Å². The van der Waals surface area contributed by atoms with E-state index in [2.05, 4.69) is 20.8 Å². The van der Waals surface area contributed by atoms with Gasteiger partial charge in [-0.15, -0.1) is 0 Å². The number of esters is 1. The topological polar surface area (TPSA) is 43.4 Å². The second kappa shape index (κ2) is 12.2. The smallest absolute Gasteiger partial charge is 0.305 e. The number of ether oxygens (including phenoxy) is 1. The highest BCUT2D eigenvalue weighted by Crippen LogP contribution is 2.68. The quantitative estimate of drug-likeness (QED) is 0.386. The number of carbonyl (C=O) groups is 2. The lowest BCUT2D eigenvalue weighted by molar-refractivity contribution is -0.167. The molecule has 33 heavy (non-hydrogen) atoms. The Hall–Kier alpha value is -0.860. The third kappa shape index (κ3) is 5.08. The predicted molar refractivity (Wildman–Crippen MR) is 138 cm³/mol. The zero-order valence-electron chi connectivity index (χ0n) is 23.2. The van der Waals surface area contributed by atoms with Gasteiger partial charge in [-0.25, -0.2) is 0 Å². The van der Waals surface area contributed by atoms with E-state index >= 15 is 0 Å². The average molecular weight is 463 g/mol. The van der Waals surface area contributed by atoms with E-state index in [0.29, 0.717) is 58.5 Å². The van der Waals surface area contributed by atoms with Gasteiger partial charge in [0.05, 0.1) is 7.11 Å². The first-order valence-corrected chi connectivity index (χ1v) is 14.5. The van der Waals surface area contributed by atoms with Crippen LogP contribution in [-0.4, -0.2) is 18.9 Å². The molecule has 8 atom stereocenters. The van der Waals surface area contributed by atoms with Gasteiger partial charge in [-0.1, -0.05) is 61.3 Å². The molecular formula is C30H54O3. The Morgan fingerprint density at radius 3 is 2.21 bits per heavy atom. The zero-order valence-corrected chi connectivity index (χ0v) is 23.2. The molecule has 0 N–H and O–H groups in total. The molecule has 0 radical (unpaired) electrons. The first kappa shape index (κ1) is 28.4. The van der Waals surface area contributed by atoms with Crippen molar-refractivity contribution in [2.24, 2.45) is 46.3 Å². The zero-order chi connectivity index (χ0) is 24.8. The Morgan fingerprint density at radius 2 is 1.58 bits per heavy atom. The summed E-state index contributed by atoms with van der Waals surface area (Å²) in [5.41, 5.74) is 0.685. The van der Waals surface area contributed by atoms with E-state index in [4.69, 9.17) is 4.74 Å². The van der Waals surface area contributed by atoms with Crippen molar-refractivity contribution in [1.29, 1.82) is 0 Å². The van der Waals surface area contributed by atoms with E-state index in [1.165, 1.54) is 58.5 Å². The summed E-state index contributed by atoms with van der Waals surface area (Å²) in [5, 5.41) is 0. The van der Waals surface area contributed by atoms with E-state index in [0.717, 1.165) is 19.3 Å². The maximum Gasteiger partial charge on any atom is 0.305 e. The van der Waals surface area contributed by atoms with E-state index in [1.54, 1.807) is 0 Å². The molecule has 0 amide bonds. The highest BCUT2D eigenvalue weighted by molar-refractivity contribution is 5.86. The van der Waals surface area contributed by atoms with Gasteiger partial charge in [0.15, 0.2) is 0 Å². The highest BCUT2D eigenvalue weighted by Gasteiger charge is 2.63. The number of fused-ring (bicyclic) bond motifs is 5. The van der Waals surface area contributed by atoms with Gasteiger partial charge in [0, 0.05) is 18.3 Å². The van der Waals surface area contributed by atoms with E-state index in [1.807, 2.05) is 27.7 Å². The Bertz CT molecular complexity index is 642. The second-order valence-corrected chi connectivity index (χ2v) is 11.3. The van der Waals surface area contributed by atoms with Crippen molar-refractivity contribution in [3.63, 3.8) is 0 Å². The van der Waals surface area contributed by atoms with Crippen molar-refractivity contribution in [1.82, 2.24) is 0 Å². The molecule has 4 fully saturated rings. The van der Waals surface area contributed by atoms with Crippen molar-refractivity contribution >= 4 is 11.8 Å². The minimum absolute atomic E-state index is 0.0853. The molecular weight excluding hydrogens is 408 g/mol. The highest BCUT2D eigenvalue weighted by atomic mass is 16.5. The van der Waals surface area contributed by atoms with Crippen LogP contribution >= 0.6 is 0 Å². The molecule has 3 heteroatoms. The molecule has 0 aromatic rings. The lowest BCUT2D eigenvalue weighted by Crippen LogP contribution is -2.59. The molecule has 0 heterocycles. The van der Waals surface area contributed by atoms with Crippen LogP contribution in [0.25, 0.3) is 0 Å². The van der Waals surface area contributed by atoms with E-state index in [9.17, 15) is 9.59 Å². The first-order valence-electron chi connectivity index (χ1n) is 14.5. The third-order valence-electron chi connectivity index (χ3n) is 10.4. The molecule has 3 nitrogen and oxygen atoms in total. The molecule has 0 spiro atoms. The normalized spacial score (nSPS) is 41.3. The Kier molecular flexibility index (Phi) is 10.5. The maximum absolute atomic E-state index is 13.9. The van der Waals surface area contributed by atoms with Crippen LogP contribution in [0.5, 0.6) is 0 Å². The number of rotatable bonds is 5. The van der Waals surface area contributed by atoms with Crippen molar-refractivity contribution < 1.29 is 14.3 Å². The van der Waals surface area contributed by atoms with Gasteiger partial charge in [0.2, 0.25) is 0 Å². The molecule has 0 saturated heterocycles. The van der Waals surface area contributed by atoms with Crippen LogP contribution in [0.4, 0.5) is 0 Å². The molecule has 192 valence electrons. The molecule has 0 bridgehead atoms. The monoisotopic (exact) mass is 462 g/mol. The average Bonchev–Trinajstić information content (AvgIpc) is 3.18. The number of ketones is 1. The maximum atomic E-state index is 13.9. The molecule has 8 unspecified atom stereocenters.